The first-order chi connectivity index (χ1) is 12.8. The van der Waals surface area contributed by atoms with E-state index < -0.39 is 0 Å². The molecule has 3 heterocycles. The Labute approximate surface area is 152 Å². The molecule has 3 aromatic rings. The van der Waals surface area contributed by atoms with Crippen LogP contribution in [0, 0.1) is 0 Å². The number of pyridine rings is 1. The Morgan fingerprint density at radius 1 is 1.08 bits per heavy atom. The van der Waals surface area contributed by atoms with E-state index in [4.69, 9.17) is 0 Å². The summed E-state index contributed by atoms with van der Waals surface area (Å²) in [7, 11) is 0. The highest BCUT2D eigenvalue weighted by Gasteiger charge is 2.27. The lowest BCUT2D eigenvalue weighted by molar-refractivity contribution is 0.221. The summed E-state index contributed by atoms with van der Waals surface area (Å²) >= 11 is 0. The number of likely N-dealkylation sites (tertiary alicyclic amines) is 1. The Morgan fingerprint density at radius 3 is 2.73 bits per heavy atom. The fourth-order valence-corrected chi connectivity index (χ4v) is 3.34. The van der Waals surface area contributed by atoms with Gasteiger partial charge < -0.3 is 4.90 Å². The van der Waals surface area contributed by atoms with E-state index >= 15 is 0 Å². The number of carbonyl (C=O) groups excluding carboxylic acids is 1. The van der Waals surface area contributed by atoms with Crippen molar-refractivity contribution in [3.8, 4) is 0 Å². The number of nitrogens with one attached hydrogen (secondary N) is 1. The molecule has 1 fully saturated rings. The highest BCUT2D eigenvalue weighted by atomic mass is 16.2. The van der Waals surface area contributed by atoms with Gasteiger partial charge in [-0.15, -0.1) is 0 Å². The number of hydrogen-bond donors (Lipinski definition) is 1. The molecule has 6 nitrogen and oxygen atoms in total. The molecule has 1 aliphatic rings. The second-order valence-electron chi connectivity index (χ2n) is 6.47. The predicted molar refractivity (Wildman–Crippen MR) is 100.0 cm³/mol. The van der Waals surface area contributed by atoms with Crippen molar-refractivity contribution < 1.29 is 4.79 Å². The zero-order valence-electron chi connectivity index (χ0n) is 14.5. The van der Waals surface area contributed by atoms with Crippen LogP contribution in [0.1, 0.15) is 23.6 Å². The molecule has 6 heteroatoms. The zero-order valence-corrected chi connectivity index (χ0v) is 14.5. The Morgan fingerprint density at radius 2 is 1.92 bits per heavy atom. The third-order valence-electron chi connectivity index (χ3n) is 4.74. The summed E-state index contributed by atoms with van der Waals surface area (Å²) in [6.07, 6.45) is 4.44. The monoisotopic (exact) mass is 347 g/mol. The molecule has 0 unspecified atom stereocenters. The number of nitrogens with zero attached hydrogens (tertiary/aromatic N) is 4. The zero-order chi connectivity index (χ0) is 17.8. The molecule has 1 N–H and O–H groups in total. The summed E-state index contributed by atoms with van der Waals surface area (Å²) in [5.74, 6) is 1.09. The van der Waals surface area contributed by atoms with Gasteiger partial charge in [-0.05, 0) is 24.1 Å². The maximum atomic E-state index is 12.7. The van der Waals surface area contributed by atoms with Gasteiger partial charge in [0, 0.05) is 31.3 Å². The van der Waals surface area contributed by atoms with Gasteiger partial charge in [-0.1, -0.05) is 36.4 Å². The first-order valence-electron chi connectivity index (χ1n) is 8.82. The van der Waals surface area contributed by atoms with Crippen LogP contribution in [-0.4, -0.2) is 38.8 Å². The minimum Gasteiger partial charge on any atom is -0.324 e. The van der Waals surface area contributed by atoms with Crippen molar-refractivity contribution in [2.75, 3.05) is 18.4 Å². The van der Waals surface area contributed by atoms with E-state index in [9.17, 15) is 4.79 Å². The average molecular weight is 347 g/mol. The topological polar surface area (TPSA) is 63.1 Å². The molecule has 0 spiro atoms. The first-order valence-corrected chi connectivity index (χ1v) is 8.82. The highest BCUT2D eigenvalue weighted by Crippen LogP contribution is 2.27. The summed E-state index contributed by atoms with van der Waals surface area (Å²) in [5, 5.41) is 7.28. The van der Waals surface area contributed by atoms with Crippen LogP contribution >= 0.6 is 0 Å². The molecule has 1 aliphatic heterocycles. The quantitative estimate of drug-likeness (QED) is 0.787. The summed E-state index contributed by atoms with van der Waals surface area (Å²) in [4.78, 5) is 18.8. The van der Waals surface area contributed by atoms with Gasteiger partial charge in [-0.2, -0.15) is 5.10 Å². The van der Waals surface area contributed by atoms with Crippen LogP contribution in [0.3, 0.4) is 0 Å². The van der Waals surface area contributed by atoms with Crippen molar-refractivity contribution in [1.29, 1.82) is 0 Å². The lowest BCUT2D eigenvalue weighted by atomic mass is 9.99. The van der Waals surface area contributed by atoms with Crippen LogP contribution in [0.15, 0.2) is 67.0 Å². The molecule has 26 heavy (non-hydrogen) atoms. The van der Waals surface area contributed by atoms with Crippen LogP contribution in [0.5, 0.6) is 0 Å². The smallest absolute Gasteiger partial charge is 0.323 e. The van der Waals surface area contributed by atoms with Gasteiger partial charge in [0.05, 0.1) is 18.4 Å². The fourth-order valence-electron chi connectivity index (χ4n) is 3.34. The van der Waals surface area contributed by atoms with Gasteiger partial charge in [0.15, 0.2) is 0 Å². The third-order valence-corrected chi connectivity index (χ3v) is 4.74. The lowest BCUT2D eigenvalue weighted by Gasteiger charge is -2.18. The molecular formula is C20H21N5O. The van der Waals surface area contributed by atoms with E-state index in [1.165, 1.54) is 5.56 Å². The van der Waals surface area contributed by atoms with Gasteiger partial charge >= 0.3 is 6.03 Å². The molecule has 1 aromatic carbocycles. The largest absolute Gasteiger partial charge is 0.324 e. The number of anilines is 1. The van der Waals surface area contributed by atoms with Crippen LogP contribution in [0.2, 0.25) is 0 Å². The van der Waals surface area contributed by atoms with Crippen molar-refractivity contribution >= 4 is 11.8 Å². The van der Waals surface area contributed by atoms with E-state index in [1.807, 2.05) is 47.4 Å². The number of benzene rings is 1. The second-order valence-corrected chi connectivity index (χ2v) is 6.47. The first kappa shape index (κ1) is 16.3. The number of hydrogen-bond acceptors (Lipinski definition) is 3. The average Bonchev–Trinajstić information content (AvgIpc) is 3.34. The van der Waals surface area contributed by atoms with Gasteiger partial charge in [-0.3, -0.25) is 10.3 Å². The fraction of sp³-hybridized carbons (Fsp3) is 0.250. The van der Waals surface area contributed by atoms with Crippen LogP contribution in [-0.2, 0) is 6.54 Å². The van der Waals surface area contributed by atoms with Crippen molar-refractivity contribution in [2.24, 2.45) is 0 Å². The Balaban J connectivity index is 1.39. The minimum absolute atomic E-state index is 0.0776. The van der Waals surface area contributed by atoms with E-state index in [-0.39, 0.29) is 6.03 Å². The third kappa shape index (κ3) is 3.59. The van der Waals surface area contributed by atoms with Gasteiger partial charge in [0.25, 0.3) is 0 Å². The summed E-state index contributed by atoms with van der Waals surface area (Å²) in [6.45, 7) is 2.03. The predicted octanol–water partition coefficient (Wildman–Crippen LogP) is 3.35. The van der Waals surface area contributed by atoms with Gasteiger partial charge in [0.2, 0.25) is 0 Å². The molecule has 1 saturated heterocycles. The van der Waals surface area contributed by atoms with Crippen molar-refractivity contribution in [2.45, 2.75) is 18.9 Å². The molecule has 0 saturated carbocycles. The Kier molecular flexibility index (Phi) is 4.64. The lowest BCUT2D eigenvalue weighted by Crippen LogP contribution is -2.33. The van der Waals surface area contributed by atoms with Gasteiger partial charge in [-0.25, -0.2) is 9.48 Å². The maximum absolute atomic E-state index is 12.7. The SMILES string of the molecule is O=C(Nc1ccnn1Cc1ccccn1)N1CC[C@@H](c2ccccc2)C1. The van der Waals surface area contributed by atoms with Crippen molar-refractivity contribution in [1.82, 2.24) is 19.7 Å². The second kappa shape index (κ2) is 7.39. The molecule has 2 aromatic heterocycles. The van der Waals surface area contributed by atoms with Crippen molar-refractivity contribution in [3.63, 3.8) is 0 Å². The Bertz CT molecular complexity index is 862. The van der Waals surface area contributed by atoms with E-state index in [2.05, 4.69) is 27.5 Å². The van der Waals surface area contributed by atoms with E-state index in [1.54, 1.807) is 17.1 Å². The summed E-state index contributed by atoms with van der Waals surface area (Å²) in [5.41, 5.74) is 2.19. The summed E-state index contributed by atoms with van der Waals surface area (Å²) in [6, 6.07) is 17.9. The van der Waals surface area contributed by atoms with E-state index in [0.29, 0.717) is 18.3 Å². The molecule has 2 amide bonds. The highest BCUT2D eigenvalue weighted by molar-refractivity contribution is 5.88. The minimum atomic E-state index is -0.0776. The molecule has 132 valence electrons. The van der Waals surface area contributed by atoms with Crippen LogP contribution < -0.4 is 5.32 Å². The number of carbonyl (C=O) groups is 1. The molecule has 0 bridgehead atoms. The number of aromatic nitrogens is 3. The number of amides is 2. The molecule has 0 radical (unpaired) electrons. The number of urea groups is 1. The van der Waals surface area contributed by atoms with Crippen molar-refractivity contribution in [3.05, 3.63) is 78.2 Å². The molecule has 0 aliphatic carbocycles. The Hall–Kier alpha value is -3.15. The molecular weight excluding hydrogens is 326 g/mol. The van der Waals surface area contributed by atoms with Crippen LogP contribution in [0.4, 0.5) is 10.6 Å². The summed E-state index contributed by atoms with van der Waals surface area (Å²) < 4.78 is 1.75. The molecule has 1 atom stereocenters. The van der Waals surface area contributed by atoms with Gasteiger partial charge in [0.1, 0.15) is 5.82 Å². The maximum Gasteiger partial charge on any atom is 0.323 e. The van der Waals surface area contributed by atoms with Crippen LogP contribution in [0.25, 0.3) is 0 Å². The van der Waals surface area contributed by atoms with E-state index in [0.717, 1.165) is 25.2 Å². The number of rotatable bonds is 4. The molecule has 4 rings (SSSR count). The normalized spacial score (nSPS) is 16.6. The standard InChI is InChI=1S/C20H21N5O/c26-20(24-13-10-17(14-24)16-6-2-1-3-7-16)23-19-9-12-22-25(19)15-18-8-4-5-11-21-18/h1-9,11-12,17H,10,13-15H2,(H,23,26)/t17-/m1/s1.